The summed E-state index contributed by atoms with van der Waals surface area (Å²) in [6.45, 7) is 13.3. The van der Waals surface area contributed by atoms with E-state index in [1.54, 1.807) is 0 Å². The Bertz CT molecular complexity index is 253. The Morgan fingerprint density at radius 3 is 2.44 bits per heavy atom. The summed E-state index contributed by atoms with van der Waals surface area (Å²) in [6.07, 6.45) is 5.63. The van der Waals surface area contributed by atoms with Crippen molar-refractivity contribution in [1.82, 2.24) is 10.2 Å². The zero-order valence-corrected chi connectivity index (χ0v) is 12.8. The molecule has 106 valence electrons. The van der Waals surface area contributed by atoms with Crippen molar-refractivity contribution in [1.29, 1.82) is 0 Å². The molecule has 1 aliphatic heterocycles. The van der Waals surface area contributed by atoms with E-state index in [-0.39, 0.29) is 0 Å². The highest BCUT2D eigenvalue weighted by Crippen LogP contribution is 2.32. The molecule has 1 N–H and O–H groups in total. The molecule has 1 heterocycles. The average molecular weight is 252 g/mol. The van der Waals surface area contributed by atoms with Gasteiger partial charge in [0.1, 0.15) is 0 Å². The number of nitrogens with zero attached hydrogens (tertiary/aromatic N) is 1. The van der Waals surface area contributed by atoms with Crippen molar-refractivity contribution in [3.63, 3.8) is 0 Å². The highest BCUT2D eigenvalue weighted by atomic mass is 15.2. The number of nitrogens with one attached hydrogen (secondary N) is 1. The second kappa shape index (κ2) is 6.38. The van der Waals surface area contributed by atoms with Crippen LogP contribution in [0.1, 0.15) is 53.4 Å². The van der Waals surface area contributed by atoms with Crippen molar-refractivity contribution in [3.8, 4) is 0 Å². The molecular formula is C16H32N2. The number of likely N-dealkylation sites (tertiary alicyclic amines) is 1. The second-order valence-electron chi connectivity index (χ2n) is 6.99. The Hall–Kier alpha value is -0.0800. The Balaban J connectivity index is 1.91. The van der Waals surface area contributed by atoms with E-state index in [0.717, 1.165) is 36.4 Å². The molecular weight excluding hydrogens is 220 g/mol. The first kappa shape index (κ1) is 14.3. The fraction of sp³-hybridized carbons (Fsp3) is 1.00. The van der Waals surface area contributed by atoms with Crippen LogP contribution < -0.4 is 5.32 Å². The smallest absolute Gasteiger partial charge is 0.0108 e. The Morgan fingerprint density at radius 2 is 1.83 bits per heavy atom. The molecule has 0 radical (unpaired) electrons. The first-order valence-corrected chi connectivity index (χ1v) is 8.07. The van der Waals surface area contributed by atoms with Gasteiger partial charge in [0.2, 0.25) is 0 Å². The van der Waals surface area contributed by atoms with Crippen molar-refractivity contribution < 1.29 is 0 Å². The summed E-state index contributed by atoms with van der Waals surface area (Å²) in [5.41, 5.74) is 0. The van der Waals surface area contributed by atoms with E-state index in [0.29, 0.717) is 0 Å². The quantitative estimate of drug-likeness (QED) is 0.827. The molecule has 5 unspecified atom stereocenters. The van der Waals surface area contributed by atoms with Crippen LogP contribution in [0.2, 0.25) is 0 Å². The Labute approximate surface area is 114 Å². The van der Waals surface area contributed by atoms with E-state index in [1.807, 2.05) is 0 Å². The predicted molar refractivity (Wildman–Crippen MR) is 78.8 cm³/mol. The molecule has 2 aliphatic rings. The van der Waals surface area contributed by atoms with Gasteiger partial charge in [0.15, 0.2) is 0 Å². The minimum absolute atomic E-state index is 0.773. The first-order valence-electron chi connectivity index (χ1n) is 8.07. The predicted octanol–water partition coefficient (Wildman–Crippen LogP) is 3.13. The maximum Gasteiger partial charge on any atom is 0.0108 e. The molecule has 2 fully saturated rings. The summed E-state index contributed by atoms with van der Waals surface area (Å²) in [5.74, 6) is 2.71. The van der Waals surface area contributed by atoms with Crippen LogP contribution in [-0.2, 0) is 0 Å². The molecule has 0 amide bonds. The monoisotopic (exact) mass is 252 g/mol. The summed E-state index contributed by atoms with van der Waals surface area (Å²) in [7, 11) is 0. The minimum atomic E-state index is 0.773. The van der Waals surface area contributed by atoms with E-state index in [1.165, 1.54) is 38.8 Å². The molecule has 2 heteroatoms. The highest BCUT2D eigenvalue weighted by Gasteiger charge is 2.33. The highest BCUT2D eigenvalue weighted by molar-refractivity contribution is 4.89. The average Bonchev–Trinajstić information content (AvgIpc) is 2.61. The van der Waals surface area contributed by atoms with Gasteiger partial charge in [0.05, 0.1) is 0 Å². The summed E-state index contributed by atoms with van der Waals surface area (Å²) >= 11 is 0. The van der Waals surface area contributed by atoms with Gasteiger partial charge in [-0.2, -0.15) is 0 Å². The largest absolute Gasteiger partial charge is 0.314 e. The molecule has 2 rings (SSSR count). The molecule has 0 aromatic heterocycles. The van der Waals surface area contributed by atoms with Crippen LogP contribution in [0.15, 0.2) is 0 Å². The van der Waals surface area contributed by atoms with Gasteiger partial charge < -0.3 is 10.2 Å². The molecule has 0 aromatic rings. The van der Waals surface area contributed by atoms with Gasteiger partial charge in [0, 0.05) is 25.2 Å². The molecule has 5 atom stereocenters. The third kappa shape index (κ3) is 3.48. The number of hydrogen-bond acceptors (Lipinski definition) is 2. The van der Waals surface area contributed by atoms with Gasteiger partial charge in [-0.05, 0) is 56.9 Å². The van der Waals surface area contributed by atoms with Crippen LogP contribution >= 0.6 is 0 Å². The lowest BCUT2D eigenvalue weighted by molar-refractivity contribution is 0.140. The third-order valence-corrected chi connectivity index (χ3v) is 5.09. The summed E-state index contributed by atoms with van der Waals surface area (Å²) in [5, 5.41) is 3.73. The Kier molecular flexibility index (Phi) is 5.08. The van der Waals surface area contributed by atoms with Gasteiger partial charge in [-0.3, -0.25) is 0 Å². The lowest BCUT2D eigenvalue weighted by atomic mass is 9.78. The summed E-state index contributed by atoms with van der Waals surface area (Å²) in [4.78, 5) is 2.75. The van der Waals surface area contributed by atoms with Crippen LogP contribution in [0.4, 0.5) is 0 Å². The molecule has 1 saturated heterocycles. The summed E-state index contributed by atoms with van der Waals surface area (Å²) in [6, 6.07) is 1.58. The molecule has 0 aromatic carbocycles. The maximum atomic E-state index is 3.73. The van der Waals surface area contributed by atoms with Gasteiger partial charge in [-0.1, -0.05) is 20.8 Å². The molecule has 2 nitrogen and oxygen atoms in total. The topological polar surface area (TPSA) is 15.3 Å². The zero-order valence-electron chi connectivity index (χ0n) is 12.8. The third-order valence-electron chi connectivity index (χ3n) is 5.09. The van der Waals surface area contributed by atoms with Gasteiger partial charge in [-0.15, -0.1) is 0 Å². The lowest BCUT2D eigenvalue weighted by Crippen LogP contribution is -2.46. The van der Waals surface area contributed by atoms with E-state index in [4.69, 9.17) is 0 Å². The lowest BCUT2D eigenvalue weighted by Gasteiger charge is -2.38. The first-order chi connectivity index (χ1) is 8.60. The minimum Gasteiger partial charge on any atom is -0.314 e. The van der Waals surface area contributed by atoms with Crippen molar-refractivity contribution >= 4 is 0 Å². The van der Waals surface area contributed by atoms with Crippen LogP contribution in [0.3, 0.4) is 0 Å². The molecule has 0 spiro atoms. The van der Waals surface area contributed by atoms with Gasteiger partial charge in [-0.25, -0.2) is 0 Å². The SMILES string of the molecule is CCNC1CCC(C)CC1CN1CC(C)CC1C. The van der Waals surface area contributed by atoms with Crippen LogP contribution in [0, 0.1) is 17.8 Å². The number of rotatable bonds is 4. The zero-order chi connectivity index (χ0) is 13.1. The normalized spacial score (nSPS) is 42.3. The van der Waals surface area contributed by atoms with Crippen LogP contribution in [-0.4, -0.2) is 36.6 Å². The fourth-order valence-corrected chi connectivity index (χ4v) is 4.17. The molecule has 1 aliphatic carbocycles. The van der Waals surface area contributed by atoms with E-state index in [9.17, 15) is 0 Å². The van der Waals surface area contributed by atoms with Crippen molar-refractivity contribution in [3.05, 3.63) is 0 Å². The van der Waals surface area contributed by atoms with Crippen molar-refractivity contribution in [2.45, 2.75) is 65.5 Å². The fourth-order valence-electron chi connectivity index (χ4n) is 4.17. The molecule has 0 bridgehead atoms. The van der Waals surface area contributed by atoms with Crippen LogP contribution in [0.25, 0.3) is 0 Å². The standard InChI is InChI=1S/C16H32N2/c1-5-17-16-7-6-12(2)9-15(16)11-18-10-13(3)8-14(18)4/h12-17H,5-11H2,1-4H3. The number of hydrogen-bond donors (Lipinski definition) is 1. The van der Waals surface area contributed by atoms with Gasteiger partial charge >= 0.3 is 0 Å². The van der Waals surface area contributed by atoms with Crippen molar-refractivity contribution in [2.75, 3.05) is 19.6 Å². The summed E-state index contributed by atoms with van der Waals surface area (Å²) < 4.78 is 0. The molecule has 18 heavy (non-hydrogen) atoms. The van der Waals surface area contributed by atoms with E-state index >= 15 is 0 Å². The van der Waals surface area contributed by atoms with Crippen LogP contribution in [0.5, 0.6) is 0 Å². The second-order valence-corrected chi connectivity index (χ2v) is 6.99. The van der Waals surface area contributed by atoms with Gasteiger partial charge in [0.25, 0.3) is 0 Å². The maximum absolute atomic E-state index is 3.73. The van der Waals surface area contributed by atoms with E-state index < -0.39 is 0 Å². The Morgan fingerprint density at radius 1 is 1.06 bits per heavy atom. The molecule has 1 saturated carbocycles. The van der Waals surface area contributed by atoms with Crippen molar-refractivity contribution in [2.24, 2.45) is 17.8 Å². The van der Waals surface area contributed by atoms with E-state index in [2.05, 4.69) is 37.9 Å².